The van der Waals surface area contributed by atoms with Crippen molar-refractivity contribution in [3.8, 4) is 11.5 Å². The molecule has 3 N–H and O–H groups in total. The molecule has 0 aliphatic carbocycles. The first-order chi connectivity index (χ1) is 9.63. The van der Waals surface area contributed by atoms with Crippen LogP contribution in [-0.4, -0.2) is 19.2 Å². The highest BCUT2D eigenvalue weighted by atomic mass is 16.5. The van der Waals surface area contributed by atoms with Crippen molar-refractivity contribution in [3.63, 3.8) is 0 Å². The van der Waals surface area contributed by atoms with Gasteiger partial charge in [0.05, 0.1) is 26.1 Å². The van der Waals surface area contributed by atoms with Crippen LogP contribution in [0.15, 0.2) is 30.5 Å². The topological polar surface area (TPSA) is 69.4 Å². The molecule has 0 atom stereocenters. The summed E-state index contributed by atoms with van der Waals surface area (Å²) >= 11 is 0. The molecule has 0 amide bonds. The van der Waals surface area contributed by atoms with Gasteiger partial charge in [0.1, 0.15) is 5.82 Å². The standard InChI is InChI=1S/C15H19N3O2/c1-10-6-12(16)9-18-15(10)17-8-11-4-5-13(19-2)14(7-11)20-3/h4-7,9H,8,16H2,1-3H3,(H,17,18). The van der Waals surface area contributed by atoms with Crippen LogP contribution in [0.2, 0.25) is 0 Å². The molecule has 5 heteroatoms. The lowest BCUT2D eigenvalue weighted by Gasteiger charge is -2.12. The Kier molecular flexibility index (Phi) is 4.30. The van der Waals surface area contributed by atoms with E-state index in [0.29, 0.717) is 18.0 Å². The van der Waals surface area contributed by atoms with Gasteiger partial charge < -0.3 is 20.5 Å². The van der Waals surface area contributed by atoms with E-state index in [1.54, 1.807) is 20.4 Å². The fraction of sp³-hybridized carbons (Fsp3) is 0.267. The molecule has 1 heterocycles. The number of methoxy groups -OCH3 is 2. The lowest BCUT2D eigenvalue weighted by atomic mass is 10.2. The maximum Gasteiger partial charge on any atom is 0.161 e. The van der Waals surface area contributed by atoms with E-state index in [9.17, 15) is 0 Å². The van der Waals surface area contributed by atoms with E-state index >= 15 is 0 Å². The Balaban J connectivity index is 2.10. The predicted molar refractivity (Wildman–Crippen MR) is 80.3 cm³/mol. The van der Waals surface area contributed by atoms with Gasteiger partial charge in [0.25, 0.3) is 0 Å². The van der Waals surface area contributed by atoms with Gasteiger partial charge in [-0.2, -0.15) is 0 Å². The van der Waals surface area contributed by atoms with E-state index in [1.165, 1.54) is 0 Å². The Bertz CT molecular complexity index is 600. The van der Waals surface area contributed by atoms with Gasteiger partial charge >= 0.3 is 0 Å². The highest BCUT2D eigenvalue weighted by Crippen LogP contribution is 2.27. The van der Waals surface area contributed by atoms with Crippen LogP contribution >= 0.6 is 0 Å². The number of ether oxygens (including phenoxy) is 2. The SMILES string of the molecule is COc1ccc(CNc2ncc(N)cc2C)cc1OC. The maximum atomic E-state index is 5.68. The molecule has 1 aromatic heterocycles. The number of aryl methyl sites for hydroxylation is 1. The first kappa shape index (κ1) is 14.0. The molecule has 20 heavy (non-hydrogen) atoms. The largest absolute Gasteiger partial charge is 0.493 e. The minimum atomic E-state index is 0.651. The average molecular weight is 273 g/mol. The normalized spacial score (nSPS) is 10.2. The Hall–Kier alpha value is -2.43. The lowest BCUT2D eigenvalue weighted by Crippen LogP contribution is -2.04. The third-order valence-electron chi connectivity index (χ3n) is 3.01. The third-order valence-corrected chi connectivity index (χ3v) is 3.01. The quantitative estimate of drug-likeness (QED) is 0.876. The lowest BCUT2D eigenvalue weighted by molar-refractivity contribution is 0.354. The van der Waals surface area contributed by atoms with Gasteiger partial charge in [-0.3, -0.25) is 0 Å². The van der Waals surface area contributed by atoms with Crippen LogP contribution in [0.4, 0.5) is 11.5 Å². The maximum absolute atomic E-state index is 5.68. The summed E-state index contributed by atoms with van der Waals surface area (Å²) in [6.45, 7) is 2.62. The zero-order chi connectivity index (χ0) is 14.5. The second-order valence-corrected chi connectivity index (χ2v) is 4.48. The number of nitrogens with one attached hydrogen (secondary N) is 1. The fourth-order valence-corrected chi connectivity index (χ4v) is 1.96. The number of pyridine rings is 1. The molecule has 0 radical (unpaired) electrons. The Labute approximate surface area is 118 Å². The van der Waals surface area contributed by atoms with Gasteiger partial charge in [-0.15, -0.1) is 0 Å². The summed E-state index contributed by atoms with van der Waals surface area (Å²) in [6.07, 6.45) is 1.64. The summed E-state index contributed by atoms with van der Waals surface area (Å²) in [7, 11) is 3.25. The molecule has 0 aliphatic rings. The summed E-state index contributed by atoms with van der Waals surface area (Å²) in [6, 6.07) is 7.71. The van der Waals surface area contributed by atoms with Crippen LogP contribution in [0.25, 0.3) is 0 Å². The number of rotatable bonds is 5. The summed E-state index contributed by atoms with van der Waals surface area (Å²) in [5.41, 5.74) is 8.45. The van der Waals surface area contributed by atoms with Crippen molar-refractivity contribution >= 4 is 11.5 Å². The molecule has 106 valence electrons. The second kappa shape index (κ2) is 6.14. The smallest absolute Gasteiger partial charge is 0.161 e. The molecule has 1 aromatic carbocycles. The van der Waals surface area contributed by atoms with Crippen molar-refractivity contribution in [1.82, 2.24) is 4.98 Å². The van der Waals surface area contributed by atoms with E-state index in [2.05, 4.69) is 10.3 Å². The number of nitrogens with zero attached hydrogens (tertiary/aromatic N) is 1. The average Bonchev–Trinajstić information content (AvgIpc) is 2.46. The van der Waals surface area contributed by atoms with Crippen molar-refractivity contribution in [2.75, 3.05) is 25.3 Å². The molecule has 0 bridgehead atoms. The van der Waals surface area contributed by atoms with Crippen LogP contribution in [0.5, 0.6) is 11.5 Å². The van der Waals surface area contributed by atoms with Gasteiger partial charge in [0, 0.05) is 6.54 Å². The van der Waals surface area contributed by atoms with E-state index in [-0.39, 0.29) is 0 Å². The van der Waals surface area contributed by atoms with Crippen molar-refractivity contribution in [2.45, 2.75) is 13.5 Å². The number of nitrogen functional groups attached to an aromatic ring is 1. The number of benzene rings is 1. The van der Waals surface area contributed by atoms with Gasteiger partial charge in [-0.25, -0.2) is 4.98 Å². The molecule has 2 aromatic rings. The highest BCUT2D eigenvalue weighted by Gasteiger charge is 2.05. The van der Waals surface area contributed by atoms with E-state index < -0.39 is 0 Å². The Morgan fingerprint density at radius 1 is 1.15 bits per heavy atom. The fourth-order valence-electron chi connectivity index (χ4n) is 1.96. The van der Waals surface area contributed by atoms with Crippen molar-refractivity contribution in [3.05, 3.63) is 41.6 Å². The van der Waals surface area contributed by atoms with Crippen LogP contribution in [0.3, 0.4) is 0 Å². The number of nitrogens with two attached hydrogens (primary N) is 1. The van der Waals surface area contributed by atoms with Crippen LogP contribution in [-0.2, 0) is 6.54 Å². The van der Waals surface area contributed by atoms with Crippen LogP contribution < -0.4 is 20.5 Å². The highest BCUT2D eigenvalue weighted by molar-refractivity contribution is 5.51. The Morgan fingerprint density at radius 2 is 1.90 bits per heavy atom. The van der Waals surface area contributed by atoms with Crippen molar-refractivity contribution < 1.29 is 9.47 Å². The minimum Gasteiger partial charge on any atom is -0.493 e. The molecule has 0 fully saturated rings. The van der Waals surface area contributed by atoms with Crippen LogP contribution in [0.1, 0.15) is 11.1 Å². The number of hydrogen-bond donors (Lipinski definition) is 2. The van der Waals surface area contributed by atoms with Crippen molar-refractivity contribution in [2.24, 2.45) is 0 Å². The van der Waals surface area contributed by atoms with E-state index in [1.807, 2.05) is 31.2 Å². The molecule has 0 saturated heterocycles. The van der Waals surface area contributed by atoms with E-state index in [4.69, 9.17) is 15.2 Å². The molecule has 5 nitrogen and oxygen atoms in total. The van der Waals surface area contributed by atoms with Gasteiger partial charge in [0.15, 0.2) is 11.5 Å². The molecule has 0 saturated carbocycles. The van der Waals surface area contributed by atoms with E-state index in [0.717, 1.165) is 22.7 Å². The van der Waals surface area contributed by atoms with Gasteiger partial charge in [-0.05, 0) is 36.2 Å². The van der Waals surface area contributed by atoms with Crippen LogP contribution in [0, 0.1) is 6.92 Å². The first-order valence-electron chi connectivity index (χ1n) is 6.31. The third kappa shape index (κ3) is 3.12. The Morgan fingerprint density at radius 3 is 2.55 bits per heavy atom. The summed E-state index contributed by atoms with van der Waals surface area (Å²) in [4.78, 5) is 4.28. The number of aromatic nitrogens is 1. The predicted octanol–water partition coefficient (Wildman–Crippen LogP) is 2.60. The molecule has 0 aliphatic heterocycles. The second-order valence-electron chi connectivity index (χ2n) is 4.48. The molecular formula is C15H19N3O2. The van der Waals surface area contributed by atoms with Gasteiger partial charge in [-0.1, -0.05) is 6.07 Å². The summed E-state index contributed by atoms with van der Waals surface area (Å²) < 4.78 is 10.5. The monoisotopic (exact) mass is 273 g/mol. The molecule has 0 unspecified atom stereocenters. The first-order valence-corrected chi connectivity index (χ1v) is 6.31. The van der Waals surface area contributed by atoms with Gasteiger partial charge in [0.2, 0.25) is 0 Å². The molecule has 0 spiro atoms. The zero-order valence-corrected chi connectivity index (χ0v) is 11.9. The molecule has 2 rings (SSSR count). The number of anilines is 2. The molecular weight excluding hydrogens is 254 g/mol. The minimum absolute atomic E-state index is 0.651. The number of hydrogen-bond acceptors (Lipinski definition) is 5. The van der Waals surface area contributed by atoms with Crippen molar-refractivity contribution in [1.29, 1.82) is 0 Å². The summed E-state index contributed by atoms with van der Waals surface area (Å²) in [5.74, 6) is 2.26. The summed E-state index contributed by atoms with van der Waals surface area (Å²) in [5, 5.41) is 3.28. The zero-order valence-electron chi connectivity index (χ0n) is 11.9.